The second-order valence-corrected chi connectivity index (χ2v) is 15.3. The molecule has 0 heterocycles. The highest BCUT2D eigenvalue weighted by Crippen LogP contribution is 2.37. The van der Waals surface area contributed by atoms with Gasteiger partial charge in [0.05, 0.1) is 26.8 Å². The van der Waals surface area contributed by atoms with Gasteiger partial charge in [-0.1, -0.05) is 133 Å². The maximum absolute atomic E-state index is 14.1. The minimum absolute atomic E-state index is 0.218. The fourth-order valence-electron chi connectivity index (χ4n) is 5.70. The zero-order chi connectivity index (χ0) is 39.7. The molecule has 6 aromatic rings. The Morgan fingerprint density at radius 2 is 0.702 bits per heavy atom. The van der Waals surface area contributed by atoms with Crippen molar-refractivity contribution in [3.8, 4) is 0 Å². The van der Waals surface area contributed by atoms with Gasteiger partial charge in [0.1, 0.15) is 6.61 Å². The van der Waals surface area contributed by atoms with Gasteiger partial charge in [0, 0.05) is 11.5 Å². The molecule has 10 heteroatoms. The molecule has 0 aromatic heterocycles. The molecule has 6 aromatic carbocycles. The first-order valence-corrected chi connectivity index (χ1v) is 20.4. The molecule has 0 aliphatic heterocycles. The quantitative estimate of drug-likeness (QED) is 0.0474. The van der Waals surface area contributed by atoms with E-state index in [-0.39, 0.29) is 22.3 Å². The molecule has 288 valence electrons. The average molecular weight is 797 g/mol. The first kappa shape index (κ1) is 40.6. The van der Waals surface area contributed by atoms with E-state index in [0.717, 1.165) is 11.1 Å². The van der Waals surface area contributed by atoms with Crippen molar-refractivity contribution < 1.29 is 38.1 Å². The molecule has 0 N–H and O–H groups in total. The molecule has 0 saturated heterocycles. The van der Waals surface area contributed by atoms with Gasteiger partial charge in [0.25, 0.3) is 0 Å². The molecule has 0 fully saturated rings. The van der Waals surface area contributed by atoms with Crippen LogP contribution >= 0.6 is 23.5 Å². The summed E-state index contributed by atoms with van der Waals surface area (Å²) in [5.74, 6) is -1.86. The minimum Gasteiger partial charge on any atom is -0.458 e. The van der Waals surface area contributed by atoms with Gasteiger partial charge in [0.2, 0.25) is 0 Å². The number of carbonyl (C=O) groups is 4. The van der Waals surface area contributed by atoms with Crippen LogP contribution in [0.25, 0.3) is 0 Å². The number of hydrogen-bond donors (Lipinski definition) is 0. The average Bonchev–Trinajstić information content (AvgIpc) is 3.28. The summed E-state index contributed by atoms with van der Waals surface area (Å²) in [7, 11) is 0. The van der Waals surface area contributed by atoms with Gasteiger partial charge < -0.3 is 18.9 Å². The highest BCUT2D eigenvalue weighted by molar-refractivity contribution is 8.16. The number of hydrogen-bond acceptors (Lipinski definition) is 10. The van der Waals surface area contributed by atoms with Crippen LogP contribution in [0.3, 0.4) is 0 Å². The lowest BCUT2D eigenvalue weighted by Crippen LogP contribution is -2.51. The molecule has 57 heavy (non-hydrogen) atoms. The zero-order valence-corrected chi connectivity index (χ0v) is 32.5. The predicted octanol–water partition coefficient (Wildman–Crippen LogP) is 9.71. The van der Waals surface area contributed by atoms with E-state index in [1.165, 1.54) is 23.5 Å². The first-order valence-electron chi connectivity index (χ1n) is 18.3. The minimum atomic E-state index is -1.47. The Morgan fingerprint density at radius 3 is 1.09 bits per heavy atom. The monoisotopic (exact) mass is 796 g/mol. The van der Waals surface area contributed by atoms with E-state index < -0.39 is 53.4 Å². The maximum atomic E-state index is 14.1. The maximum Gasteiger partial charge on any atom is 0.338 e. The second kappa shape index (κ2) is 21.3. The molecule has 6 rings (SSSR count). The fourth-order valence-corrected chi connectivity index (χ4v) is 8.39. The van der Waals surface area contributed by atoms with Crippen LogP contribution in [0.1, 0.15) is 52.6 Å². The van der Waals surface area contributed by atoms with E-state index in [2.05, 4.69) is 0 Å². The molecule has 0 spiro atoms. The van der Waals surface area contributed by atoms with Crippen LogP contribution in [0.15, 0.2) is 182 Å². The molecule has 0 aliphatic carbocycles. The van der Waals surface area contributed by atoms with Crippen LogP contribution in [0.5, 0.6) is 0 Å². The van der Waals surface area contributed by atoms with Crippen LogP contribution in [0, 0.1) is 0 Å². The molecule has 0 saturated carbocycles. The number of ether oxygens (including phenoxy) is 4. The lowest BCUT2D eigenvalue weighted by molar-refractivity contribution is -0.0974. The first-order chi connectivity index (χ1) is 27.9. The summed E-state index contributed by atoms with van der Waals surface area (Å²) in [4.78, 5) is 55.5. The van der Waals surface area contributed by atoms with Gasteiger partial charge >= 0.3 is 23.9 Å². The van der Waals surface area contributed by atoms with Gasteiger partial charge in [-0.05, 0) is 59.7 Å². The third kappa shape index (κ3) is 12.2. The number of benzene rings is 6. The molecular formula is C47H40O8S2. The molecular weight excluding hydrogens is 757 g/mol. The summed E-state index contributed by atoms with van der Waals surface area (Å²) in [5.41, 5.74) is 3.01. The lowest BCUT2D eigenvalue weighted by Gasteiger charge is -2.36. The van der Waals surface area contributed by atoms with Crippen molar-refractivity contribution in [2.24, 2.45) is 0 Å². The van der Waals surface area contributed by atoms with Crippen molar-refractivity contribution in [1.82, 2.24) is 0 Å². The Kier molecular flexibility index (Phi) is 15.1. The summed E-state index contributed by atoms with van der Waals surface area (Å²) in [6.07, 6.45) is -4.17. The van der Waals surface area contributed by atoms with Gasteiger partial charge in [0.15, 0.2) is 18.3 Å². The van der Waals surface area contributed by atoms with E-state index in [0.29, 0.717) is 11.5 Å². The van der Waals surface area contributed by atoms with E-state index >= 15 is 0 Å². The van der Waals surface area contributed by atoms with Crippen LogP contribution in [-0.4, -0.2) is 53.4 Å². The van der Waals surface area contributed by atoms with Crippen molar-refractivity contribution in [3.05, 3.63) is 215 Å². The second-order valence-electron chi connectivity index (χ2n) is 12.7. The smallest absolute Gasteiger partial charge is 0.338 e. The van der Waals surface area contributed by atoms with Crippen molar-refractivity contribution >= 4 is 47.4 Å². The SMILES string of the molecule is O=C(OC[C@@H](OC(=O)c1ccccc1)[C@@H](OC(=O)c1ccccc1)[C@H](OC(=O)c1ccccc1)C(SCc1ccccc1)SCc1ccccc1)c1ccccc1. The Hall–Kier alpha value is -6.10. The molecule has 8 nitrogen and oxygen atoms in total. The number of rotatable bonds is 18. The van der Waals surface area contributed by atoms with Gasteiger partial charge in [-0.2, -0.15) is 0 Å². The fraction of sp³-hybridized carbons (Fsp3) is 0.149. The molecule has 0 unspecified atom stereocenters. The third-order valence-corrected chi connectivity index (χ3v) is 11.6. The van der Waals surface area contributed by atoms with Crippen LogP contribution in [-0.2, 0) is 30.5 Å². The summed E-state index contributed by atoms with van der Waals surface area (Å²) in [6.45, 7) is -0.530. The largest absolute Gasteiger partial charge is 0.458 e. The van der Waals surface area contributed by atoms with E-state index in [1.54, 1.807) is 121 Å². The Balaban J connectivity index is 1.45. The van der Waals surface area contributed by atoms with Crippen molar-refractivity contribution in [1.29, 1.82) is 0 Å². The van der Waals surface area contributed by atoms with E-state index in [4.69, 9.17) is 18.9 Å². The van der Waals surface area contributed by atoms with E-state index in [1.807, 2.05) is 60.7 Å². The van der Waals surface area contributed by atoms with Crippen LogP contribution < -0.4 is 0 Å². The summed E-state index contributed by atoms with van der Waals surface area (Å²) < 4.78 is 24.1. The Bertz CT molecular complexity index is 2110. The van der Waals surface area contributed by atoms with Crippen LogP contribution in [0.2, 0.25) is 0 Å². The van der Waals surface area contributed by atoms with Crippen molar-refractivity contribution in [2.45, 2.75) is 34.4 Å². The summed E-state index contributed by atoms with van der Waals surface area (Å²) in [5, 5.41) is 0. The molecule has 0 bridgehead atoms. The molecule has 0 aliphatic rings. The normalized spacial score (nSPS) is 12.4. The van der Waals surface area contributed by atoms with Gasteiger partial charge in [-0.25, -0.2) is 19.2 Å². The molecule has 3 atom stereocenters. The summed E-state index contributed by atoms with van der Waals surface area (Å²) >= 11 is 2.98. The number of thioether (sulfide) groups is 2. The highest BCUT2D eigenvalue weighted by atomic mass is 32.2. The third-order valence-electron chi connectivity index (χ3n) is 8.63. The van der Waals surface area contributed by atoms with Crippen molar-refractivity contribution in [3.63, 3.8) is 0 Å². The Labute approximate surface area is 340 Å². The highest BCUT2D eigenvalue weighted by Gasteiger charge is 2.44. The number of carbonyl (C=O) groups excluding carboxylic acids is 4. The summed E-state index contributed by atoms with van der Waals surface area (Å²) in [6, 6.07) is 53.1. The molecule has 0 amide bonds. The number of esters is 4. The predicted molar refractivity (Wildman–Crippen MR) is 223 cm³/mol. The lowest BCUT2D eigenvalue weighted by atomic mass is 10.1. The topological polar surface area (TPSA) is 105 Å². The van der Waals surface area contributed by atoms with E-state index in [9.17, 15) is 19.2 Å². The van der Waals surface area contributed by atoms with Crippen molar-refractivity contribution in [2.75, 3.05) is 6.61 Å². The zero-order valence-electron chi connectivity index (χ0n) is 30.8. The van der Waals surface area contributed by atoms with Gasteiger partial charge in [-0.15, -0.1) is 23.5 Å². The van der Waals surface area contributed by atoms with Gasteiger partial charge in [-0.3, -0.25) is 0 Å². The molecule has 0 radical (unpaired) electrons. The Morgan fingerprint density at radius 1 is 0.386 bits per heavy atom. The standard InChI is InChI=1S/C47H40O8S2/c48-43(36-23-11-3-12-24-36)52-31-40(53-44(49)37-25-13-4-14-26-37)41(54-45(50)38-27-15-5-16-28-38)42(55-46(51)39-29-17-6-18-30-39)47(56-32-34-19-7-1-8-20-34)57-33-35-21-9-2-10-22-35/h1-30,40-42,47H,31-33H2/t40-,41-,42+/m1/s1. The van der Waals surface area contributed by atoms with Crippen LogP contribution in [0.4, 0.5) is 0 Å².